The summed E-state index contributed by atoms with van der Waals surface area (Å²) in [7, 11) is 1.64. The normalized spacial score (nSPS) is 19.3. The van der Waals surface area contributed by atoms with Gasteiger partial charge in [-0.15, -0.1) is 11.6 Å². The van der Waals surface area contributed by atoms with E-state index in [1.54, 1.807) is 7.11 Å². The Morgan fingerprint density at radius 3 is 3.00 bits per heavy atom. The van der Waals surface area contributed by atoms with Crippen molar-refractivity contribution in [1.29, 1.82) is 0 Å². The minimum atomic E-state index is 0.424. The Hall–Kier alpha value is -0.930. The van der Waals surface area contributed by atoms with E-state index in [0.29, 0.717) is 18.4 Å². The van der Waals surface area contributed by atoms with E-state index in [4.69, 9.17) is 25.8 Å². The summed E-state index contributed by atoms with van der Waals surface area (Å²) in [5.74, 6) is 2.40. The van der Waals surface area contributed by atoms with Gasteiger partial charge < -0.3 is 14.2 Å². The highest BCUT2D eigenvalue weighted by Crippen LogP contribution is 2.32. The lowest BCUT2D eigenvalue weighted by Crippen LogP contribution is -2.12. The zero-order chi connectivity index (χ0) is 12.1. The van der Waals surface area contributed by atoms with Crippen LogP contribution in [-0.2, 0) is 10.6 Å². The summed E-state index contributed by atoms with van der Waals surface area (Å²) in [6, 6.07) is 5.76. The number of hydrogen-bond acceptors (Lipinski definition) is 3. The van der Waals surface area contributed by atoms with E-state index < -0.39 is 0 Å². The number of methoxy groups -OCH3 is 1. The molecule has 0 saturated carbocycles. The predicted octanol–water partition coefficient (Wildman–Crippen LogP) is 2.85. The van der Waals surface area contributed by atoms with Crippen LogP contribution in [0.1, 0.15) is 12.0 Å². The highest BCUT2D eigenvalue weighted by atomic mass is 35.5. The van der Waals surface area contributed by atoms with Crippen LogP contribution in [0.15, 0.2) is 18.2 Å². The van der Waals surface area contributed by atoms with Crippen LogP contribution in [0.25, 0.3) is 0 Å². The number of rotatable bonds is 5. The summed E-state index contributed by atoms with van der Waals surface area (Å²) in [5.41, 5.74) is 0.963. The molecule has 1 atom stereocenters. The molecule has 0 spiro atoms. The van der Waals surface area contributed by atoms with Crippen molar-refractivity contribution in [3.63, 3.8) is 0 Å². The van der Waals surface area contributed by atoms with Gasteiger partial charge in [0.15, 0.2) is 11.5 Å². The van der Waals surface area contributed by atoms with Crippen LogP contribution in [0, 0.1) is 5.92 Å². The van der Waals surface area contributed by atoms with Gasteiger partial charge in [-0.25, -0.2) is 0 Å². The third-order valence-corrected chi connectivity index (χ3v) is 3.20. The Bertz CT molecular complexity index is 339. The fourth-order valence-electron chi connectivity index (χ4n) is 1.91. The van der Waals surface area contributed by atoms with Gasteiger partial charge in [0.25, 0.3) is 0 Å². The molecule has 0 aliphatic carbocycles. The van der Waals surface area contributed by atoms with E-state index in [0.717, 1.165) is 36.7 Å². The Kier molecular flexibility index (Phi) is 4.51. The lowest BCUT2D eigenvalue weighted by Gasteiger charge is -2.15. The maximum atomic E-state index is 5.90. The van der Waals surface area contributed by atoms with Crippen molar-refractivity contribution in [2.45, 2.75) is 12.3 Å². The standard InChI is InChI=1S/C13H17ClO3/c1-15-12-4-2-3-11(7-14)13(12)17-9-10-5-6-16-8-10/h2-4,10H,5-9H2,1H3. The van der Waals surface area contributed by atoms with Crippen LogP contribution in [-0.4, -0.2) is 26.9 Å². The van der Waals surface area contributed by atoms with E-state index in [1.807, 2.05) is 18.2 Å². The van der Waals surface area contributed by atoms with E-state index in [-0.39, 0.29) is 0 Å². The minimum absolute atomic E-state index is 0.424. The molecule has 1 saturated heterocycles. The van der Waals surface area contributed by atoms with Crippen molar-refractivity contribution in [2.75, 3.05) is 26.9 Å². The molecule has 1 aromatic carbocycles. The number of halogens is 1. The third-order valence-electron chi connectivity index (χ3n) is 2.91. The molecular formula is C13H17ClO3. The van der Waals surface area contributed by atoms with Gasteiger partial charge in [0.2, 0.25) is 0 Å². The number of para-hydroxylation sites is 1. The molecule has 1 aliphatic rings. The van der Waals surface area contributed by atoms with Crippen molar-refractivity contribution < 1.29 is 14.2 Å². The molecule has 1 aromatic rings. The molecule has 2 rings (SSSR count). The second-order valence-electron chi connectivity index (χ2n) is 4.12. The number of benzene rings is 1. The quantitative estimate of drug-likeness (QED) is 0.759. The van der Waals surface area contributed by atoms with E-state index >= 15 is 0 Å². The molecule has 1 fully saturated rings. The molecular weight excluding hydrogens is 240 g/mol. The van der Waals surface area contributed by atoms with Gasteiger partial charge >= 0.3 is 0 Å². The van der Waals surface area contributed by atoms with Gasteiger partial charge in [-0.05, 0) is 12.5 Å². The van der Waals surface area contributed by atoms with Crippen molar-refractivity contribution in [3.05, 3.63) is 23.8 Å². The van der Waals surface area contributed by atoms with Crippen LogP contribution >= 0.6 is 11.6 Å². The number of hydrogen-bond donors (Lipinski definition) is 0. The highest BCUT2D eigenvalue weighted by molar-refractivity contribution is 6.17. The van der Waals surface area contributed by atoms with Crippen molar-refractivity contribution in [3.8, 4) is 11.5 Å². The smallest absolute Gasteiger partial charge is 0.165 e. The fourth-order valence-corrected chi connectivity index (χ4v) is 2.12. The van der Waals surface area contributed by atoms with Crippen LogP contribution < -0.4 is 9.47 Å². The molecule has 94 valence electrons. The minimum Gasteiger partial charge on any atom is -0.493 e. The van der Waals surface area contributed by atoms with E-state index in [9.17, 15) is 0 Å². The summed E-state index contributed by atoms with van der Waals surface area (Å²) in [5, 5.41) is 0. The van der Waals surface area contributed by atoms with Crippen LogP contribution in [0.2, 0.25) is 0 Å². The van der Waals surface area contributed by atoms with Crippen LogP contribution in [0.3, 0.4) is 0 Å². The molecule has 4 heteroatoms. The fraction of sp³-hybridized carbons (Fsp3) is 0.538. The molecule has 0 bridgehead atoms. The average Bonchev–Trinajstić information content (AvgIpc) is 2.88. The topological polar surface area (TPSA) is 27.7 Å². The first kappa shape index (κ1) is 12.5. The lowest BCUT2D eigenvalue weighted by molar-refractivity contribution is 0.165. The zero-order valence-corrected chi connectivity index (χ0v) is 10.7. The number of ether oxygens (including phenoxy) is 3. The summed E-state index contributed by atoms with van der Waals surface area (Å²) < 4.78 is 16.5. The molecule has 0 N–H and O–H groups in total. The van der Waals surface area contributed by atoms with Crippen LogP contribution in [0.5, 0.6) is 11.5 Å². The SMILES string of the molecule is COc1cccc(CCl)c1OCC1CCOC1. The molecule has 0 radical (unpaired) electrons. The summed E-state index contributed by atoms with van der Waals surface area (Å²) in [6.07, 6.45) is 1.06. The van der Waals surface area contributed by atoms with Crippen molar-refractivity contribution in [2.24, 2.45) is 5.92 Å². The second-order valence-corrected chi connectivity index (χ2v) is 4.39. The molecule has 3 nitrogen and oxygen atoms in total. The van der Waals surface area contributed by atoms with Crippen molar-refractivity contribution >= 4 is 11.6 Å². The van der Waals surface area contributed by atoms with Gasteiger partial charge in [0, 0.05) is 18.1 Å². The first-order valence-corrected chi connectivity index (χ1v) is 6.31. The lowest BCUT2D eigenvalue weighted by atomic mass is 10.1. The monoisotopic (exact) mass is 256 g/mol. The summed E-state index contributed by atoms with van der Waals surface area (Å²) in [4.78, 5) is 0. The zero-order valence-electron chi connectivity index (χ0n) is 9.95. The molecule has 17 heavy (non-hydrogen) atoms. The van der Waals surface area contributed by atoms with Crippen LogP contribution in [0.4, 0.5) is 0 Å². The third kappa shape index (κ3) is 3.05. The maximum Gasteiger partial charge on any atom is 0.165 e. The Morgan fingerprint density at radius 1 is 1.47 bits per heavy atom. The van der Waals surface area contributed by atoms with Gasteiger partial charge in [0.05, 0.1) is 26.2 Å². The van der Waals surface area contributed by atoms with E-state index in [2.05, 4.69) is 0 Å². The molecule has 1 heterocycles. The highest BCUT2D eigenvalue weighted by Gasteiger charge is 2.18. The first-order chi connectivity index (χ1) is 8.35. The summed E-state index contributed by atoms with van der Waals surface area (Å²) in [6.45, 7) is 2.28. The largest absolute Gasteiger partial charge is 0.493 e. The van der Waals surface area contributed by atoms with E-state index in [1.165, 1.54) is 0 Å². The molecule has 1 unspecified atom stereocenters. The van der Waals surface area contributed by atoms with Gasteiger partial charge in [0.1, 0.15) is 0 Å². The maximum absolute atomic E-state index is 5.90. The van der Waals surface area contributed by atoms with Crippen molar-refractivity contribution in [1.82, 2.24) is 0 Å². The Morgan fingerprint density at radius 2 is 2.35 bits per heavy atom. The summed E-state index contributed by atoms with van der Waals surface area (Å²) >= 11 is 5.90. The van der Waals surface area contributed by atoms with Gasteiger partial charge in [-0.1, -0.05) is 12.1 Å². The van der Waals surface area contributed by atoms with Gasteiger partial charge in [-0.2, -0.15) is 0 Å². The predicted molar refractivity (Wildman–Crippen MR) is 67.0 cm³/mol. The molecule has 1 aliphatic heterocycles. The molecule has 0 amide bonds. The Balaban J connectivity index is 2.06. The second kappa shape index (κ2) is 6.12. The first-order valence-electron chi connectivity index (χ1n) is 5.77. The van der Waals surface area contributed by atoms with Gasteiger partial charge in [-0.3, -0.25) is 0 Å². The average molecular weight is 257 g/mol. The Labute approximate surface area is 107 Å². The number of alkyl halides is 1. The molecule has 0 aromatic heterocycles.